The Balaban J connectivity index is 1.40. The number of hydrogen-bond donors (Lipinski definition) is 3. The third kappa shape index (κ3) is 6.93. The zero-order chi connectivity index (χ0) is 21.2. The number of aliphatic hydroxyl groups excluding tert-OH is 1. The molecule has 160 valence electrons. The SMILES string of the molecule is O=C(C[C@H]1CC[C@H](NC(=O)Cc2ccccn2)[C@H](CO)O1)NCCc1ccccc1. The van der Waals surface area contributed by atoms with Crippen molar-refractivity contribution in [1.82, 2.24) is 15.6 Å². The van der Waals surface area contributed by atoms with Crippen molar-refractivity contribution in [3.8, 4) is 0 Å². The average Bonchev–Trinajstić information content (AvgIpc) is 2.76. The fourth-order valence-corrected chi connectivity index (χ4v) is 3.64. The van der Waals surface area contributed by atoms with Crippen molar-refractivity contribution in [3.05, 3.63) is 66.0 Å². The predicted molar refractivity (Wildman–Crippen MR) is 113 cm³/mol. The number of amides is 2. The number of carbonyl (C=O) groups is 2. The van der Waals surface area contributed by atoms with Crippen molar-refractivity contribution in [2.75, 3.05) is 13.2 Å². The molecule has 1 saturated heterocycles. The number of carbonyl (C=O) groups excluding carboxylic acids is 2. The summed E-state index contributed by atoms with van der Waals surface area (Å²) in [4.78, 5) is 28.7. The van der Waals surface area contributed by atoms with Gasteiger partial charge in [0.1, 0.15) is 6.10 Å². The highest BCUT2D eigenvalue weighted by molar-refractivity contribution is 5.78. The molecule has 2 amide bonds. The molecule has 1 aromatic carbocycles. The third-order valence-corrected chi connectivity index (χ3v) is 5.20. The first kappa shape index (κ1) is 21.9. The van der Waals surface area contributed by atoms with Gasteiger partial charge in [0.2, 0.25) is 11.8 Å². The lowest BCUT2D eigenvalue weighted by molar-refractivity contribution is -0.135. The molecule has 0 bridgehead atoms. The minimum absolute atomic E-state index is 0.0646. The fourth-order valence-electron chi connectivity index (χ4n) is 3.64. The second-order valence-corrected chi connectivity index (χ2v) is 7.52. The second kappa shape index (κ2) is 11.4. The van der Waals surface area contributed by atoms with Crippen molar-refractivity contribution < 1.29 is 19.4 Å². The van der Waals surface area contributed by atoms with Gasteiger partial charge in [0.05, 0.1) is 31.6 Å². The van der Waals surface area contributed by atoms with E-state index < -0.39 is 6.10 Å². The molecule has 0 radical (unpaired) electrons. The fraction of sp³-hybridized carbons (Fsp3) is 0.435. The summed E-state index contributed by atoms with van der Waals surface area (Å²) >= 11 is 0. The van der Waals surface area contributed by atoms with E-state index in [1.165, 1.54) is 5.56 Å². The summed E-state index contributed by atoms with van der Waals surface area (Å²) in [6, 6.07) is 15.2. The maximum absolute atomic E-state index is 12.3. The summed E-state index contributed by atoms with van der Waals surface area (Å²) in [7, 11) is 0. The number of pyridine rings is 1. The topological polar surface area (TPSA) is 101 Å². The van der Waals surface area contributed by atoms with Gasteiger partial charge < -0.3 is 20.5 Å². The predicted octanol–water partition coefficient (Wildman–Crippen LogP) is 1.40. The van der Waals surface area contributed by atoms with Gasteiger partial charge >= 0.3 is 0 Å². The van der Waals surface area contributed by atoms with Crippen LogP contribution in [-0.2, 0) is 27.2 Å². The zero-order valence-corrected chi connectivity index (χ0v) is 17.0. The number of rotatable bonds is 9. The van der Waals surface area contributed by atoms with Crippen molar-refractivity contribution in [2.24, 2.45) is 0 Å². The Hall–Kier alpha value is -2.77. The Morgan fingerprint density at radius 2 is 1.87 bits per heavy atom. The number of nitrogens with one attached hydrogen (secondary N) is 2. The van der Waals surface area contributed by atoms with Gasteiger partial charge in [-0.15, -0.1) is 0 Å². The lowest BCUT2D eigenvalue weighted by atomic mass is 9.96. The van der Waals surface area contributed by atoms with Crippen LogP contribution in [0.15, 0.2) is 54.7 Å². The standard InChI is InChI=1S/C23H29N3O4/c27-16-21-20(26-23(29)14-18-8-4-5-12-24-18)10-9-19(30-21)15-22(28)25-13-11-17-6-2-1-3-7-17/h1-8,12,19-21,27H,9-11,13-16H2,(H,25,28)(H,26,29)/t19-,20+,21+/m1/s1. The molecule has 3 N–H and O–H groups in total. The molecule has 3 rings (SSSR count). The highest BCUT2D eigenvalue weighted by atomic mass is 16.5. The van der Waals surface area contributed by atoms with Crippen LogP contribution in [0.5, 0.6) is 0 Å². The molecule has 2 aromatic rings. The molecule has 0 aliphatic carbocycles. The number of aromatic nitrogens is 1. The van der Waals surface area contributed by atoms with Crippen molar-refractivity contribution >= 4 is 11.8 Å². The van der Waals surface area contributed by atoms with Crippen molar-refractivity contribution in [1.29, 1.82) is 0 Å². The molecular formula is C23H29N3O4. The van der Waals surface area contributed by atoms with E-state index in [4.69, 9.17) is 4.74 Å². The molecule has 2 heterocycles. The van der Waals surface area contributed by atoms with E-state index in [2.05, 4.69) is 15.6 Å². The van der Waals surface area contributed by atoms with Gasteiger partial charge in [0, 0.05) is 18.4 Å². The first-order valence-corrected chi connectivity index (χ1v) is 10.4. The highest BCUT2D eigenvalue weighted by Gasteiger charge is 2.32. The lowest BCUT2D eigenvalue weighted by Crippen LogP contribution is -2.51. The molecule has 7 nitrogen and oxygen atoms in total. The molecule has 1 aromatic heterocycles. The molecule has 1 aliphatic rings. The summed E-state index contributed by atoms with van der Waals surface area (Å²) in [6.45, 7) is 0.367. The zero-order valence-electron chi connectivity index (χ0n) is 17.0. The number of aliphatic hydroxyl groups is 1. The van der Waals surface area contributed by atoms with E-state index in [9.17, 15) is 14.7 Å². The van der Waals surface area contributed by atoms with Crippen LogP contribution in [0.4, 0.5) is 0 Å². The number of hydrogen-bond acceptors (Lipinski definition) is 5. The Labute approximate surface area is 176 Å². The molecule has 0 saturated carbocycles. The Morgan fingerprint density at radius 3 is 2.60 bits per heavy atom. The van der Waals surface area contributed by atoms with E-state index >= 15 is 0 Å². The minimum atomic E-state index is -0.520. The van der Waals surface area contributed by atoms with Crippen molar-refractivity contribution in [2.45, 2.75) is 50.4 Å². The first-order valence-electron chi connectivity index (χ1n) is 10.4. The maximum Gasteiger partial charge on any atom is 0.226 e. The van der Waals surface area contributed by atoms with Gasteiger partial charge in [-0.05, 0) is 37.0 Å². The normalized spacial score (nSPS) is 21.0. The molecular weight excluding hydrogens is 382 g/mol. The van der Waals surface area contributed by atoms with Crippen LogP contribution in [0.25, 0.3) is 0 Å². The Bertz CT molecular complexity index is 801. The minimum Gasteiger partial charge on any atom is -0.394 e. The quantitative estimate of drug-likeness (QED) is 0.579. The molecule has 0 unspecified atom stereocenters. The van der Waals surface area contributed by atoms with E-state index in [1.54, 1.807) is 18.3 Å². The summed E-state index contributed by atoms with van der Waals surface area (Å²) in [5.41, 5.74) is 1.87. The van der Waals surface area contributed by atoms with Crippen LogP contribution in [0, 0.1) is 0 Å². The van der Waals surface area contributed by atoms with E-state index in [0.717, 1.165) is 6.42 Å². The largest absolute Gasteiger partial charge is 0.394 e. The van der Waals surface area contributed by atoms with Gasteiger partial charge in [-0.1, -0.05) is 36.4 Å². The van der Waals surface area contributed by atoms with E-state index in [1.807, 2.05) is 36.4 Å². The number of nitrogens with zero attached hydrogens (tertiary/aromatic N) is 1. The lowest BCUT2D eigenvalue weighted by Gasteiger charge is -2.36. The molecule has 3 atom stereocenters. The van der Waals surface area contributed by atoms with Crippen LogP contribution in [0.3, 0.4) is 0 Å². The van der Waals surface area contributed by atoms with E-state index in [-0.39, 0.29) is 43.4 Å². The number of ether oxygens (including phenoxy) is 1. The summed E-state index contributed by atoms with van der Waals surface area (Å²) in [6.07, 6.45) is 3.39. The van der Waals surface area contributed by atoms with Gasteiger partial charge in [-0.25, -0.2) is 0 Å². The maximum atomic E-state index is 12.3. The van der Waals surface area contributed by atoms with Crippen LogP contribution in [0.2, 0.25) is 0 Å². The van der Waals surface area contributed by atoms with Gasteiger partial charge in [-0.2, -0.15) is 0 Å². The van der Waals surface area contributed by atoms with Gasteiger partial charge in [-0.3, -0.25) is 14.6 Å². The molecule has 7 heteroatoms. The Morgan fingerprint density at radius 1 is 1.07 bits per heavy atom. The van der Waals surface area contributed by atoms with Crippen molar-refractivity contribution in [3.63, 3.8) is 0 Å². The molecule has 0 spiro atoms. The average molecular weight is 412 g/mol. The third-order valence-electron chi connectivity index (χ3n) is 5.20. The monoisotopic (exact) mass is 411 g/mol. The molecule has 1 fully saturated rings. The van der Waals surface area contributed by atoms with Crippen LogP contribution in [-0.4, -0.2) is 53.3 Å². The smallest absolute Gasteiger partial charge is 0.226 e. The van der Waals surface area contributed by atoms with Crippen LogP contribution in [0.1, 0.15) is 30.5 Å². The van der Waals surface area contributed by atoms with Crippen LogP contribution >= 0.6 is 0 Å². The Kier molecular flexibility index (Phi) is 8.35. The highest BCUT2D eigenvalue weighted by Crippen LogP contribution is 2.22. The summed E-state index contributed by atoms with van der Waals surface area (Å²) in [5, 5.41) is 15.5. The number of benzene rings is 1. The second-order valence-electron chi connectivity index (χ2n) is 7.52. The summed E-state index contributed by atoms with van der Waals surface area (Å²) in [5.74, 6) is -0.219. The molecule has 1 aliphatic heterocycles. The van der Waals surface area contributed by atoms with Gasteiger partial charge in [0.15, 0.2) is 0 Å². The first-order chi connectivity index (χ1) is 14.6. The molecule has 30 heavy (non-hydrogen) atoms. The van der Waals surface area contributed by atoms with Gasteiger partial charge in [0.25, 0.3) is 0 Å². The van der Waals surface area contributed by atoms with E-state index in [0.29, 0.717) is 25.1 Å². The summed E-state index contributed by atoms with van der Waals surface area (Å²) < 4.78 is 5.89. The van der Waals surface area contributed by atoms with Crippen LogP contribution < -0.4 is 10.6 Å².